The topological polar surface area (TPSA) is 38.7 Å². The van der Waals surface area contributed by atoms with Crippen molar-refractivity contribution in [3.8, 4) is 0 Å². The van der Waals surface area contributed by atoms with Crippen LogP contribution >= 0.6 is 0 Å². The summed E-state index contributed by atoms with van der Waals surface area (Å²) in [5.41, 5.74) is 2.38. The van der Waals surface area contributed by atoms with Crippen LogP contribution in [0.1, 0.15) is 24.0 Å². The van der Waals surface area contributed by atoms with Crippen LogP contribution in [0.15, 0.2) is 60.7 Å². The highest BCUT2D eigenvalue weighted by Crippen LogP contribution is 2.64. The second-order valence-corrected chi connectivity index (χ2v) is 7.11. The number of aliphatic hydroxyl groups is 1. The summed E-state index contributed by atoms with van der Waals surface area (Å²) in [7, 11) is 0. The molecule has 4 rings (SSSR count). The number of rotatable bonds is 7. The third kappa shape index (κ3) is 3.12. The summed E-state index contributed by atoms with van der Waals surface area (Å²) in [5, 5.41) is 10.3. The highest BCUT2D eigenvalue weighted by molar-refractivity contribution is 5.18. The molecule has 3 heteroatoms. The van der Waals surface area contributed by atoms with Gasteiger partial charge in [0.1, 0.15) is 0 Å². The van der Waals surface area contributed by atoms with Crippen molar-refractivity contribution in [2.45, 2.75) is 38.3 Å². The molecule has 0 saturated heterocycles. The maximum Gasteiger partial charge on any atom is 0.0720 e. The van der Waals surface area contributed by atoms with E-state index in [-0.39, 0.29) is 17.6 Å². The van der Waals surface area contributed by atoms with Gasteiger partial charge in [0.05, 0.1) is 32.0 Å². The van der Waals surface area contributed by atoms with Crippen LogP contribution in [-0.4, -0.2) is 23.9 Å². The number of ether oxygens (including phenoxy) is 2. The first-order chi connectivity index (χ1) is 11.8. The van der Waals surface area contributed by atoms with Crippen molar-refractivity contribution >= 4 is 0 Å². The van der Waals surface area contributed by atoms with Gasteiger partial charge in [0.15, 0.2) is 0 Å². The zero-order valence-electron chi connectivity index (χ0n) is 13.8. The monoisotopic (exact) mass is 324 g/mol. The Labute approximate surface area is 143 Å². The van der Waals surface area contributed by atoms with Crippen LogP contribution in [-0.2, 0) is 22.7 Å². The molecule has 0 amide bonds. The molecule has 2 fully saturated rings. The number of hydrogen-bond donors (Lipinski definition) is 1. The molecular weight excluding hydrogens is 300 g/mol. The van der Waals surface area contributed by atoms with Crippen molar-refractivity contribution in [2.24, 2.45) is 11.3 Å². The Morgan fingerprint density at radius 3 is 2.17 bits per heavy atom. The molecule has 3 nitrogen and oxygen atoms in total. The maximum atomic E-state index is 10.3. The number of fused-ring (bicyclic) bond motifs is 1. The Balaban J connectivity index is 1.34. The minimum absolute atomic E-state index is 0.0168. The maximum absolute atomic E-state index is 10.3. The van der Waals surface area contributed by atoms with E-state index in [2.05, 4.69) is 24.3 Å². The molecule has 1 N–H and O–H groups in total. The Kier molecular flexibility index (Phi) is 4.40. The van der Waals surface area contributed by atoms with E-state index >= 15 is 0 Å². The number of benzene rings is 2. The largest absolute Gasteiger partial charge is 0.393 e. The predicted molar refractivity (Wildman–Crippen MR) is 92.3 cm³/mol. The summed E-state index contributed by atoms with van der Waals surface area (Å²) in [6.45, 7) is 1.89. The van der Waals surface area contributed by atoms with Crippen molar-refractivity contribution < 1.29 is 14.6 Å². The zero-order chi connectivity index (χ0) is 16.4. The van der Waals surface area contributed by atoms with E-state index in [0.717, 1.165) is 12.8 Å². The number of hydrogen-bond acceptors (Lipinski definition) is 3. The van der Waals surface area contributed by atoms with E-state index in [1.54, 1.807) is 0 Å². The summed E-state index contributed by atoms with van der Waals surface area (Å²) in [5.74, 6) is 0.342. The van der Waals surface area contributed by atoms with Gasteiger partial charge in [0.25, 0.3) is 0 Å². The van der Waals surface area contributed by atoms with E-state index in [0.29, 0.717) is 25.7 Å². The molecule has 2 aliphatic rings. The van der Waals surface area contributed by atoms with E-state index < -0.39 is 0 Å². The summed E-state index contributed by atoms with van der Waals surface area (Å²) in [4.78, 5) is 0. The first-order valence-corrected chi connectivity index (χ1v) is 8.73. The predicted octanol–water partition coefficient (Wildman–Crippen LogP) is 3.56. The molecule has 0 radical (unpaired) electrons. The van der Waals surface area contributed by atoms with Gasteiger partial charge in [0.2, 0.25) is 0 Å². The van der Waals surface area contributed by atoms with Gasteiger partial charge in [-0.15, -0.1) is 0 Å². The average Bonchev–Trinajstić information content (AvgIpc) is 3.30. The minimum Gasteiger partial charge on any atom is -0.393 e. The van der Waals surface area contributed by atoms with Gasteiger partial charge < -0.3 is 14.6 Å². The second kappa shape index (κ2) is 6.67. The van der Waals surface area contributed by atoms with Gasteiger partial charge in [-0.25, -0.2) is 0 Å². The molecule has 2 saturated carbocycles. The lowest BCUT2D eigenvalue weighted by Gasteiger charge is -2.24. The van der Waals surface area contributed by atoms with Gasteiger partial charge in [0, 0.05) is 11.8 Å². The fourth-order valence-electron chi connectivity index (χ4n) is 4.06. The molecule has 24 heavy (non-hydrogen) atoms. The Bertz CT molecular complexity index is 657. The highest BCUT2D eigenvalue weighted by Gasteiger charge is 2.67. The molecule has 1 unspecified atom stereocenters. The molecule has 0 heterocycles. The van der Waals surface area contributed by atoms with Crippen LogP contribution in [0.4, 0.5) is 0 Å². The molecule has 2 aliphatic carbocycles. The SMILES string of the molecule is O[C@@H]1C[C@H](OCc2ccccc2)C2(COCc3ccccc3)C[C@H]12. The molecule has 0 aliphatic heterocycles. The number of aliphatic hydroxyl groups excluding tert-OH is 1. The van der Waals surface area contributed by atoms with Gasteiger partial charge in [-0.2, -0.15) is 0 Å². The summed E-state index contributed by atoms with van der Waals surface area (Å²) in [6, 6.07) is 20.5. The molecular formula is C21H24O3. The molecule has 0 spiro atoms. The third-order valence-electron chi connectivity index (χ3n) is 5.52. The Morgan fingerprint density at radius 2 is 1.54 bits per heavy atom. The minimum atomic E-state index is -0.244. The van der Waals surface area contributed by atoms with Crippen molar-refractivity contribution in [2.75, 3.05) is 6.61 Å². The van der Waals surface area contributed by atoms with Crippen molar-refractivity contribution in [1.29, 1.82) is 0 Å². The van der Waals surface area contributed by atoms with Crippen molar-refractivity contribution in [1.82, 2.24) is 0 Å². The van der Waals surface area contributed by atoms with Crippen LogP contribution in [0.3, 0.4) is 0 Å². The zero-order valence-corrected chi connectivity index (χ0v) is 13.8. The first-order valence-electron chi connectivity index (χ1n) is 8.73. The van der Waals surface area contributed by atoms with E-state index in [1.807, 2.05) is 36.4 Å². The molecule has 2 aromatic carbocycles. The van der Waals surface area contributed by atoms with Crippen LogP contribution in [0.2, 0.25) is 0 Å². The van der Waals surface area contributed by atoms with Crippen molar-refractivity contribution in [3.63, 3.8) is 0 Å². The van der Waals surface area contributed by atoms with Gasteiger partial charge in [-0.3, -0.25) is 0 Å². The fourth-order valence-corrected chi connectivity index (χ4v) is 4.06. The molecule has 0 aromatic heterocycles. The van der Waals surface area contributed by atoms with Gasteiger partial charge in [-0.05, 0) is 23.5 Å². The quantitative estimate of drug-likeness (QED) is 0.846. The first kappa shape index (κ1) is 15.8. The standard InChI is InChI=1S/C21H24O3/c22-19-11-20(24-14-17-9-5-2-6-10-17)21(12-18(19)21)15-23-13-16-7-3-1-4-8-16/h1-10,18-20,22H,11-15H2/t18-,19-,20+,21?/m1/s1. The van der Waals surface area contributed by atoms with E-state index in [1.165, 1.54) is 11.1 Å². The van der Waals surface area contributed by atoms with Crippen LogP contribution in [0.5, 0.6) is 0 Å². The van der Waals surface area contributed by atoms with Crippen molar-refractivity contribution in [3.05, 3.63) is 71.8 Å². The lowest BCUT2D eigenvalue weighted by molar-refractivity contribution is -0.0418. The fraction of sp³-hybridized carbons (Fsp3) is 0.429. The van der Waals surface area contributed by atoms with Gasteiger partial charge in [-0.1, -0.05) is 60.7 Å². The molecule has 126 valence electrons. The van der Waals surface area contributed by atoms with E-state index in [9.17, 15) is 5.11 Å². The van der Waals surface area contributed by atoms with E-state index in [4.69, 9.17) is 9.47 Å². The van der Waals surface area contributed by atoms with Crippen LogP contribution in [0, 0.1) is 11.3 Å². The molecule has 0 bridgehead atoms. The Hall–Kier alpha value is -1.68. The molecule has 2 aromatic rings. The summed E-state index contributed by atoms with van der Waals surface area (Å²) < 4.78 is 12.2. The average molecular weight is 324 g/mol. The summed E-state index contributed by atoms with van der Waals surface area (Å²) >= 11 is 0. The Morgan fingerprint density at radius 1 is 0.917 bits per heavy atom. The second-order valence-electron chi connectivity index (χ2n) is 7.11. The van der Waals surface area contributed by atoms with Crippen LogP contribution < -0.4 is 0 Å². The van der Waals surface area contributed by atoms with Gasteiger partial charge >= 0.3 is 0 Å². The van der Waals surface area contributed by atoms with Crippen LogP contribution in [0.25, 0.3) is 0 Å². The molecule has 4 atom stereocenters. The lowest BCUT2D eigenvalue weighted by atomic mass is 10.0. The smallest absolute Gasteiger partial charge is 0.0720 e. The lowest BCUT2D eigenvalue weighted by Crippen LogP contribution is -2.27. The highest BCUT2D eigenvalue weighted by atomic mass is 16.5. The summed E-state index contributed by atoms with van der Waals surface area (Å²) in [6.07, 6.45) is 1.59. The normalized spacial score (nSPS) is 31.0. The third-order valence-corrected chi connectivity index (χ3v) is 5.52.